The molecule has 0 spiro atoms. The normalized spacial score (nSPS) is 23.0. The molecule has 0 bridgehead atoms. The number of hydrogen-bond acceptors (Lipinski definition) is 5. The summed E-state index contributed by atoms with van der Waals surface area (Å²) < 4.78 is 24.3. The van der Waals surface area contributed by atoms with E-state index < -0.39 is 15.9 Å². The lowest BCUT2D eigenvalue weighted by atomic mass is 10.1. The van der Waals surface area contributed by atoms with Gasteiger partial charge in [0.2, 0.25) is 5.91 Å². The summed E-state index contributed by atoms with van der Waals surface area (Å²) in [5.74, 6) is -0.632. The van der Waals surface area contributed by atoms with Crippen LogP contribution in [0, 0.1) is 3.57 Å². The molecule has 2 amide bonds. The van der Waals surface area contributed by atoms with Gasteiger partial charge in [0.15, 0.2) is 9.84 Å². The number of hydrogen-bond donors (Lipinski definition) is 1. The van der Waals surface area contributed by atoms with Crippen molar-refractivity contribution in [1.29, 1.82) is 0 Å². The SMILES string of the molecule is O=C(Nc1ccc(I)cc1)C1=NN(C2CCS(=O)(=O)C2)C(=O)CC1. The molecular formula is C15H16IN3O4S. The summed E-state index contributed by atoms with van der Waals surface area (Å²) in [6.45, 7) is 0. The van der Waals surface area contributed by atoms with Gasteiger partial charge in [0.1, 0.15) is 5.71 Å². The second-order valence-electron chi connectivity index (χ2n) is 5.80. The predicted octanol–water partition coefficient (Wildman–Crippen LogP) is 1.40. The summed E-state index contributed by atoms with van der Waals surface area (Å²) in [4.78, 5) is 24.4. The van der Waals surface area contributed by atoms with E-state index in [0.29, 0.717) is 12.1 Å². The summed E-state index contributed by atoms with van der Waals surface area (Å²) in [6, 6.07) is 6.85. The standard InChI is InChI=1S/C15H16IN3O4S/c16-10-1-3-11(4-2-10)17-15(21)13-5-6-14(20)19(18-13)12-7-8-24(22,23)9-12/h1-4,12H,5-9H2,(H,17,21). The third kappa shape index (κ3) is 3.94. The molecule has 0 aliphatic carbocycles. The number of rotatable bonds is 3. The summed E-state index contributed by atoms with van der Waals surface area (Å²) in [6.07, 6.45) is 0.782. The van der Waals surface area contributed by atoms with Crippen LogP contribution in [0.3, 0.4) is 0 Å². The maximum atomic E-state index is 12.3. The number of anilines is 1. The van der Waals surface area contributed by atoms with Gasteiger partial charge in [0, 0.05) is 22.1 Å². The molecule has 1 unspecified atom stereocenters. The van der Waals surface area contributed by atoms with Crippen molar-refractivity contribution in [2.75, 3.05) is 16.8 Å². The van der Waals surface area contributed by atoms with Gasteiger partial charge in [-0.15, -0.1) is 0 Å². The monoisotopic (exact) mass is 461 g/mol. The zero-order valence-corrected chi connectivity index (χ0v) is 15.7. The van der Waals surface area contributed by atoms with Crippen LogP contribution in [0.4, 0.5) is 5.69 Å². The molecule has 2 aliphatic rings. The van der Waals surface area contributed by atoms with Gasteiger partial charge >= 0.3 is 0 Å². The second kappa shape index (κ2) is 6.79. The van der Waals surface area contributed by atoms with E-state index in [2.05, 4.69) is 33.0 Å². The number of amides is 2. The van der Waals surface area contributed by atoms with Crippen molar-refractivity contribution in [3.63, 3.8) is 0 Å². The predicted molar refractivity (Wildman–Crippen MR) is 98.4 cm³/mol. The molecule has 2 aliphatic heterocycles. The molecule has 1 N–H and O–H groups in total. The Morgan fingerprint density at radius 3 is 2.58 bits per heavy atom. The second-order valence-corrected chi connectivity index (χ2v) is 9.28. The quantitative estimate of drug-likeness (QED) is 0.689. The number of nitrogens with one attached hydrogen (secondary N) is 1. The largest absolute Gasteiger partial charge is 0.321 e. The Morgan fingerprint density at radius 2 is 1.96 bits per heavy atom. The molecule has 0 aromatic heterocycles. The Balaban J connectivity index is 1.75. The molecule has 1 aromatic rings. The zero-order chi connectivity index (χ0) is 17.3. The number of sulfone groups is 1. The van der Waals surface area contributed by atoms with Crippen molar-refractivity contribution >= 4 is 55.6 Å². The maximum Gasteiger partial charge on any atom is 0.271 e. The average Bonchev–Trinajstić information content (AvgIpc) is 2.90. The fourth-order valence-corrected chi connectivity index (χ4v) is 4.78. The number of carbonyl (C=O) groups excluding carboxylic acids is 2. The van der Waals surface area contributed by atoms with Gasteiger partial charge in [-0.05, 0) is 53.3 Å². The molecule has 1 saturated heterocycles. The zero-order valence-electron chi connectivity index (χ0n) is 12.7. The van der Waals surface area contributed by atoms with Crippen LogP contribution < -0.4 is 5.32 Å². The van der Waals surface area contributed by atoms with E-state index in [1.54, 1.807) is 12.1 Å². The summed E-state index contributed by atoms with van der Waals surface area (Å²) in [7, 11) is -3.12. The third-order valence-corrected chi connectivity index (χ3v) is 6.45. The van der Waals surface area contributed by atoms with E-state index >= 15 is 0 Å². The Hall–Kier alpha value is -1.49. The Kier molecular flexibility index (Phi) is 4.90. The number of carbonyl (C=O) groups is 2. The van der Waals surface area contributed by atoms with Crippen LogP contribution in [0.15, 0.2) is 29.4 Å². The molecule has 9 heteroatoms. The van der Waals surface area contributed by atoms with Crippen molar-refractivity contribution in [1.82, 2.24) is 5.01 Å². The number of nitrogens with zero attached hydrogens (tertiary/aromatic N) is 2. The fourth-order valence-electron chi connectivity index (χ4n) is 2.72. The highest BCUT2D eigenvalue weighted by atomic mass is 127. The first-order chi connectivity index (χ1) is 11.3. The van der Waals surface area contributed by atoms with Crippen LogP contribution in [-0.4, -0.2) is 48.5 Å². The summed E-state index contributed by atoms with van der Waals surface area (Å²) in [5.41, 5.74) is 0.896. The lowest BCUT2D eigenvalue weighted by Crippen LogP contribution is -2.42. The van der Waals surface area contributed by atoms with Crippen molar-refractivity contribution in [3.8, 4) is 0 Å². The molecule has 7 nitrogen and oxygen atoms in total. The van der Waals surface area contributed by atoms with Gasteiger partial charge in [-0.3, -0.25) is 9.59 Å². The minimum Gasteiger partial charge on any atom is -0.321 e. The van der Waals surface area contributed by atoms with Crippen LogP contribution in [0.2, 0.25) is 0 Å². The Bertz CT molecular complexity index is 805. The van der Waals surface area contributed by atoms with Crippen LogP contribution in [0.25, 0.3) is 0 Å². The molecular weight excluding hydrogens is 445 g/mol. The Morgan fingerprint density at radius 1 is 1.25 bits per heavy atom. The summed E-state index contributed by atoms with van der Waals surface area (Å²) >= 11 is 2.17. The van der Waals surface area contributed by atoms with Gasteiger partial charge < -0.3 is 5.32 Å². The first kappa shape index (κ1) is 17.3. The van der Waals surface area contributed by atoms with Gasteiger partial charge in [0.05, 0.1) is 17.5 Å². The van der Waals surface area contributed by atoms with E-state index in [1.807, 2.05) is 12.1 Å². The minimum absolute atomic E-state index is 0.0567. The molecule has 1 aromatic carbocycles. The van der Waals surface area contributed by atoms with Crippen LogP contribution in [-0.2, 0) is 19.4 Å². The molecule has 0 radical (unpaired) electrons. The maximum absolute atomic E-state index is 12.3. The van der Waals surface area contributed by atoms with E-state index in [0.717, 1.165) is 3.57 Å². The number of halogens is 1. The first-order valence-corrected chi connectivity index (χ1v) is 10.4. The highest BCUT2D eigenvalue weighted by Gasteiger charge is 2.37. The fraction of sp³-hybridized carbons (Fsp3) is 0.400. The smallest absolute Gasteiger partial charge is 0.271 e. The van der Waals surface area contributed by atoms with Crippen molar-refractivity contribution < 1.29 is 18.0 Å². The van der Waals surface area contributed by atoms with Gasteiger partial charge in [-0.25, -0.2) is 13.4 Å². The molecule has 3 rings (SSSR count). The van der Waals surface area contributed by atoms with Crippen molar-refractivity contribution in [2.24, 2.45) is 5.10 Å². The van der Waals surface area contributed by atoms with Crippen molar-refractivity contribution in [2.45, 2.75) is 25.3 Å². The Labute approximate surface area is 153 Å². The summed E-state index contributed by atoms with van der Waals surface area (Å²) in [5, 5.41) is 8.09. The minimum atomic E-state index is -3.12. The van der Waals surface area contributed by atoms with E-state index in [-0.39, 0.29) is 41.9 Å². The lowest BCUT2D eigenvalue weighted by molar-refractivity contribution is -0.133. The highest BCUT2D eigenvalue weighted by molar-refractivity contribution is 14.1. The topological polar surface area (TPSA) is 95.9 Å². The van der Waals surface area contributed by atoms with E-state index in [4.69, 9.17) is 0 Å². The van der Waals surface area contributed by atoms with Gasteiger partial charge in [-0.1, -0.05) is 0 Å². The van der Waals surface area contributed by atoms with Gasteiger partial charge in [0.25, 0.3) is 5.91 Å². The van der Waals surface area contributed by atoms with Crippen LogP contribution in [0.5, 0.6) is 0 Å². The molecule has 0 saturated carbocycles. The van der Waals surface area contributed by atoms with Crippen LogP contribution >= 0.6 is 22.6 Å². The van der Waals surface area contributed by atoms with E-state index in [9.17, 15) is 18.0 Å². The van der Waals surface area contributed by atoms with Crippen LogP contribution in [0.1, 0.15) is 19.3 Å². The first-order valence-electron chi connectivity index (χ1n) is 7.51. The highest BCUT2D eigenvalue weighted by Crippen LogP contribution is 2.22. The average molecular weight is 461 g/mol. The number of benzene rings is 1. The lowest BCUT2D eigenvalue weighted by Gasteiger charge is -2.27. The van der Waals surface area contributed by atoms with Gasteiger partial charge in [-0.2, -0.15) is 5.10 Å². The van der Waals surface area contributed by atoms with Crippen molar-refractivity contribution in [3.05, 3.63) is 27.8 Å². The molecule has 24 heavy (non-hydrogen) atoms. The number of hydrazone groups is 1. The molecule has 2 heterocycles. The molecule has 1 atom stereocenters. The third-order valence-electron chi connectivity index (χ3n) is 3.98. The van der Waals surface area contributed by atoms with E-state index in [1.165, 1.54) is 5.01 Å². The molecule has 128 valence electrons. The molecule has 1 fully saturated rings.